The summed E-state index contributed by atoms with van der Waals surface area (Å²) in [6.45, 7) is 4.81. The summed E-state index contributed by atoms with van der Waals surface area (Å²) >= 11 is 0. The maximum atomic E-state index is 13.6. The summed E-state index contributed by atoms with van der Waals surface area (Å²) in [7, 11) is 0. The summed E-state index contributed by atoms with van der Waals surface area (Å²) < 4.78 is 13.6. The number of hydrogen-bond acceptors (Lipinski definition) is 3. The Morgan fingerprint density at radius 2 is 2.50 bits per heavy atom. The highest BCUT2D eigenvalue weighted by atomic mass is 19.1. The van der Waals surface area contributed by atoms with E-state index in [0.29, 0.717) is 11.9 Å². The fourth-order valence-electron chi connectivity index (χ4n) is 2.23. The highest BCUT2D eigenvalue weighted by Crippen LogP contribution is 2.20. The molecule has 1 unspecified atom stereocenters. The lowest BCUT2D eigenvalue weighted by atomic mass is 10.1. The van der Waals surface area contributed by atoms with E-state index in [0.717, 1.165) is 26.1 Å². The molecule has 1 aliphatic heterocycles. The van der Waals surface area contributed by atoms with Gasteiger partial charge in [-0.05, 0) is 31.5 Å². The van der Waals surface area contributed by atoms with Crippen molar-refractivity contribution in [3.05, 3.63) is 24.1 Å². The van der Waals surface area contributed by atoms with Crippen LogP contribution in [0.5, 0.6) is 0 Å². The van der Waals surface area contributed by atoms with Gasteiger partial charge in [0.15, 0.2) is 11.6 Å². The normalized spacial score (nSPS) is 21.1. The van der Waals surface area contributed by atoms with Crippen LogP contribution in [0.4, 0.5) is 10.2 Å². The van der Waals surface area contributed by atoms with Gasteiger partial charge in [-0.2, -0.15) is 0 Å². The van der Waals surface area contributed by atoms with Crippen LogP contribution in [0, 0.1) is 5.82 Å². The lowest BCUT2D eigenvalue weighted by Crippen LogP contribution is -2.46. The highest BCUT2D eigenvalue weighted by molar-refractivity contribution is 5.40. The van der Waals surface area contributed by atoms with Gasteiger partial charge >= 0.3 is 0 Å². The molecule has 16 heavy (non-hydrogen) atoms. The number of pyridine rings is 1. The first-order chi connectivity index (χ1) is 7.81. The number of piperidine rings is 1. The zero-order valence-corrected chi connectivity index (χ0v) is 9.62. The zero-order chi connectivity index (χ0) is 11.4. The van der Waals surface area contributed by atoms with Crippen LogP contribution in [-0.4, -0.2) is 30.7 Å². The molecule has 1 N–H and O–H groups in total. The average molecular weight is 223 g/mol. The van der Waals surface area contributed by atoms with Crippen LogP contribution in [0.1, 0.15) is 19.8 Å². The van der Waals surface area contributed by atoms with Gasteiger partial charge in [0, 0.05) is 25.3 Å². The molecule has 0 spiro atoms. The second-order valence-electron chi connectivity index (χ2n) is 4.15. The number of likely N-dealkylation sites (N-methyl/N-ethyl adjacent to an activating group) is 1. The first kappa shape index (κ1) is 11.3. The molecule has 0 saturated carbocycles. The van der Waals surface area contributed by atoms with Gasteiger partial charge in [-0.15, -0.1) is 0 Å². The minimum absolute atomic E-state index is 0.223. The van der Waals surface area contributed by atoms with Gasteiger partial charge in [-0.25, -0.2) is 9.37 Å². The number of hydrogen-bond donors (Lipinski definition) is 1. The predicted molar refractivity (Wildman–Crippen MR) is 63.1 cm³/mol. The Morgan fingerprint density at radius 3 is 3.25 bits per heavy atom. The third-order valence-electron chi connectivity index (χ3n) is 2.95. The number of rotatable bonds is 3. The van der Waals surface area contributed by atoms with E-state index in [4.69, 9.17) is 0 Å². The summed E-state index contributed by atoms with van der Waals surface area (Å²) in [4.78, 5) is 6.15. The van der Waals surface area contributed by atoms with E-state index in [1.54, 1.807) is 12.3 Å². The zero-order valence-electron chi connectivity index (χ0n) is 9.62. The summed E-state index contributed by atoms with van der Waals surface area (Å²) in [5.74, 6) is 0.268. The van der Waals surface area contributed by atoms with E-state index in [2.05, 4.69) is 17.2 Å². The predicted octanol–water partition coefficient (Wildman–Crippen LogP) is 1.80. The number of anilines is 1. The Bertz CT molecular complexity index is 341. The van der Waals surface area contributed by atoms with Crippen molar-refractivity contribution in [1.82, 2.24) is 10.3 Å². The molecular formula is C12H18FN3. The van der Waals surface area contributed by atoms with E-state index in [9.17, 15) is 4.39 Å². The molecule has 0 radical (unpaired) electrons. The molecule has 1 atom stereocenters. The van der Waals surface area contributed by atoms with Crippen molar-refractivity contribution in [2.24, 2.45) is 0 Å². The Hall–Kier alpha value is -1.16. The summed E-state index contributed by atoms with van der Waals surface area (Å²) in [5, 5.41) is 3.41. The second-order valence-corrected chi connectivity index (χ2v) is 4.15. The third kappa shape index (κ3) is 2.50. The quantitative estimate of drug-likeness (QED) is 0.847. The molecule has 0 aliphatic carbocycles. The van der Waals surface area contributed by atoms with Crippen molar-refractivity contribution in [1.29, 1.82) is 0 Å². The first-order valence-electron chi connectivity index (χ1n) is 5.90. The average Bonchev–Trinajstić information content (AvgIpc) is 2.30. The van der Waals surface area contributed by atoms with Crippen LogP contribution in [0.3, 0.4) is 0 Å². The molecule has 1 aliphatic rings. The molecule has 1 aromatic rings. The van der Waals surface area contributed by atoms with Crippen LogP contribution in [0.15, 0.2) is 18.3 Å². The van der Waals surface area contributed by atoms with Gasteiger partial charge in [-0.3, -0.25) is 0 Å². The minimum atomic E-state index is -0.223. The van der Waals surface area contributed by atoms with Gasteiger partial charge in [0.25, 0.3) is 0 Å². The van der Waals surface area contributed by atoms with Crippen LogP contribution >= 0.6 is 0 Å². The molecule has 1 aromatic heterocycles. The molecule has 2 heterocycles. The molecule has 4 heteroatoms. The molecule has 0 bridgehead atoms. The van der Waals surface area contributed by atoms with Gasteiger partial charge in [0.1, 0.15) is 0 Å². The lowest BCUT2D eigenvalue weighted by Gasteiger charge is -2.34. The van der Waals surface area contributed by atoms with Crippen LogP contribution in [0.2, 0.25) is 0 Å². The molecular weight excluding hydrogens is 205 g/mol. The summed E-state index contributed by atoms with van der Waals surface area (Å²) in [6, 6.07) is 3.56. The van der Waals surface area contributed by atoms with Crippen molar-refractivity contribution in [3.63, 3.8) is 0 Å². The monoisotopic (exact) mass is 223 g/mol. The van der Waals surface area contributed by atoms with E-state index in [-0.39, 0.29) is 5.82 Å². The van der Waals surface area contributed by atoms with Crippen LogP contribution in [0.25, 0.3) is 0 Å². The van der Waals surface area contributed by atoms with Crippen molar-refractivity contribution < 1.29 is 4.39 Å². The van der Waals surface area contributed by atoms with Crippen molar-refractivity contribution in [3.8, 4) is 0 Å². The van der Waals surface area contributed by atoms with Crippen molar-refractivity contribution >= 4 is 5.82 Å². The van der Waals surface area contributed by atoms with E-state index < -0.39 is 0 Å². The molecule has 3 nitrogen and oxygen atoms in total. The number of nitrogens with one attached hydrogen (secondary N) is 1. The first-order valence-corrected chi connectivity index (χ1v) is 5.90. The number of aromatic nitrogens is 1. The Kier molecular flexibility index (Phi) is 3.72. The molecule has 1 fully saturated rings. The topological polar surface area (TPSA) is 28.2 Å². The van der Waals surface area contributed by atoms with Gasteiger partial charge in [0.2, 0.25) is 0 Å². The van der Waals surface area contributed by atoms with Crippen molar-refractivity contribution in [2.45, 2.75) is 25.8 Å². The third-order valence-corrected chi connectivity index (χ3v) is 2.95. The largest absolute Gasteiger partial charge is 0.353 e. The summed E-state index contributed by atoms with van der Waals surface area (Å²) in [6.07, 6.45) is 3.90. The van der Waals surface area contributed by atoms with E-state index in [1.807, 2.05) is 4.90 Å². The number of halogens is 1. The fourth-order valence-corrected chi connectivity index (χ4v) is 2.23. The maximum absolute atomic E-state index is 13.6. The summed E-state index contributed by atoms with van der Waals surface area (Å²) in [5.41, 5.74) is 0. The SMILES string of the molecule is CCNC1CCCN(c2ncccc2F)C1. The molecule has 0 amide bonds. The highest BCUT2D eigenvalue weighted by Gasteiger charge is 2.21. The van der Waals surface area contributed by atoms with E-state index in [1.165, 1.54) is 12.5 Å². The van der Waals surface area contributed by atoms with Crippen molar-refractivity contribution in [2.75, 3.05) is 24.5 Å². The van der Waals surface area contributed by atoms with Gasteiger partial charge < -0.3 is 10.2 Å². The standard InChI is InChI=1S/C12H18FN3/c1-2-14-10-5-4-8-16(9-10)12-11(13)6-3-7-15-12/h3,6-7,10,14H,2,4-5,8-9H2,1H3. The second kappa shape index (κ2) is 5.25. The van der Waals surface area contributed by atoms with Crippen LogP contribution < -0.4 is 10.2 Å². The van der Waals surface area contributed by atoms with Crippen LogP contribution in [-0.2, 0) is 0 Å². The molecule has 0 aromatic carbocycles. The lowest BCUT2D eigenvalue weighted by molar-refractivity contribution is 0.425. The van der Waals surface area contributed by atoms with Gasteiger partial charge in [0.05, 0.1) is 0 Å². The Balaban J connectivity index is 2.07. The minimum Gasteiger partial charge on any atom is -0.353 e. The fraction of sp³-hybridized carbons (Fsp3) is 0.583. The Labute approximate surface area is 95.7 Å². The molecule has 88 valence electrons. The number of nitrogens with zero attached hydrogens (tertiary/aromatic N) is 2. The Morgan fingerprint density at radius 1 is 1.62 bits per heavy atom. The smallest absolute Gasteiger partial charge is 0.165 e. The molecule has 1 saturated heterocycles. The van der Waals surface area contributed by atoms with Gasteiger partial charge in [-0.1, -0.05) is 6.92 Å². The maximum Gasteiger partial charge on any atom is 0.165 e. The van der Waals surface area contributed by atoms with E-state index >= 15 is 0 Å². The molecule has 2 rings (SSSR count).